The zero-order chi connectivity index (χ0) is 26.8. The first-order valence-corrected chi connectivity index (χ1v) is 11.9. The summed E-state index contributed by atoms with van der Waals surface area (Å²) in [5.41, 5.74) is 0.431. The van der Waals surface area contributed by atoms with Gasteiger partial charge in [-0.1, -0.05) is 30.3 Å². The molecule has 10 heteroatoms. The molecule has 1 atom stereocenters. The highest BCUT2D eigenvalue weighted by molar-refractivity contribution is 5.81. The van der Waals surface area contributed by atoms with Crippen LogP contribution in [0.25, 0.3) is 16.6 Å². The number of hydrogen-bond donors (Lipinski definition) is 5. The molecule has 5 rings (SSSR count). The lowest BCUT2D eigenvalue weighted by atomic mass is 9.89. The van der Waals surface area contributed by atoms with Crippen LogP contribution in [0, 0.1) is 0 Å². The van der Waals surface area contributed by atoms with E-state index in [1.807, 2.05) is 0 Å². The number of hydrogen-bond acceptors (Lipinski definition) is 7. The minimum Gasteiger partial charge on any atom is -0.504 e. The summed E-state index contributed by atoms with van der Waals surface area (Å²) in [5, 5.41) is 33.4. The molecule has 0 saturated heterocycles. The van der Waals surface area contributed by atoms with Gasteiger partial charge in [0.05, 0.1) is 5.56 Å². The lowest BCUT2D eigenvalue weighted by Crippen LogP contribution is -2.32. The summed E-state index contributed by atoms with van der Waals surface area (Å²) in [7, 11) is 0. The van der Waals surface area contributed by atoms with Crippen molar-refractivity contribution >= 4 is 22.5 Å². The fourth-order valence-electron chi connectivity index (χ4n) is 4.51. The van der Waals surface area contributed by atoms with Crippen LogP contribution in [-0.4, -0.2) is 42.1 Å². The van der Waals surface area contributed by atoms with E-state index in [4.69, 9.17) is 0 Å². The average molecular weight is 513 g/mol. The number of nitrogens with one attached hydrogen (secondary N) is 2. The standard InChI is InChI=1S/C28H24N4O6/c33-21-9-8-16(13-22(21)34)10-11-29-24(35)15-18(19-14-17-5-1-2-6-20(17)30-26(19)36)25-27(37)31-23-7-3-4-12-32(23)28(25)38/h1-9,12-14,18,33-34,37H,10-11,15H2,(H,29,35)(H,30,36). The molecule has 0 fully saturated rings. The van der Waals surface area contributed by atoms with E-state index in [1.54, 1.807) is 54.6 Å². The Morgan fingerprint density at radius 2 is 1.76 bits per heavy atom. The maximum absolute atomic E-state index is 13.5. The van der Waals surface area contributed by atoms with Crippen LogP contribution in [0.5, 0.6) is 17.4 Å². The Morgan fingerprint density at radius 1 is 0.974 bits per heavy atom. The molecule has 3 aromatic heterocycles. The van der Waals surface area contributed by atoms with Crippen LogP contribution in [0.4, 0.5) is 0 Å². The van der Waals surface area contributed by atoms with E-state index < -0.39 is 28.8 Å². The van der Waals surface area contributed by atoms with Gasteiger partial charge in [0.2, 0.25) is 11.8 Å². The van der Waals surface area contributed by atoms with Crippen molar-refractivity contribution in [2.75, 3.05) is 6.54 Å². The first kappa shape index (κ1) is 24.6. The summed E-state index contributed by atoms with van der Waals surface area (Å²) in [4.78, 5) is 46.6. The maximum atomic E-state index is 13.5. The second-order valence-corrected chi connectivity index (χ2v) is 8.90. The monoisotopic (exact) mass is 512 g/mol. The quantitative estimate of drug-likeness (QED) is 0.210. The molecule has 1 unspecified atom stereocenters. The number of carbonyl (C=O) groups is 1. The van der Waals surface area contributed by atoms with Crippen molar-refractivity contribution in [1.29, 1.82) is 0 Å². The smallest absolute Gasteiger partial charge is 0.265 e. The van der Waals surface area contributed by atoms with Gasteiger partial charge in [0.1, 0.15) is 5.65 Å². The van der Waals surface area contributed by atoms with Crippen molar-refractivity contribution in [3.05, 3.63) is 110 Å². The fourth-order valence-corrected chi connectivity index (χ4v) is 4.51. The molecule has 10 nitrogen and oxygen atoms in total. The highest BCUT2D eigenvalue weighted by atomic mass is 16.3. The predicted molar refractivity (Wildman–Crippen MR) is 141 cm³/mol. The molecule has 192 valence electrons. The SMILES string of the molecule is O=C(CC(c1cc2ccccc2[nH]c1=O)c1c(O)nc2ccccn2c1=O)NCCc1ccc(O)c(O)c1. The molecule has 2 aromatic carbocycles. The molecule has 0 aliphatic heterocycles. The van der Waals surface area contributed by atoms with Crippen molar-refractivity contribution in [2.24, 2.45) is 0 Å². The number of phenolic OH excluding ortho intramolecular Hbond substituents is 2. The largest absolute Gasteiger partial charge is 0.504 e. The summed E-state index contributed by atoms with van der Waals surface area (Å²) < 4.78 is 1.26. The van der Waals surface area contributed by atoms with Crippen LogP contribution in [0.2, 0.25) is 0 Å². The maximum Gasteiger partial charge on any atom is 0.265 e. The number of aromatic nitrogens is 3. The van der Waals surface area contributed by atoms with E-state index in [1.165, 1.54) is 22.7 Å². The number of pyridine rings is 2. The number of rotatable bonds is 7. The number of H-pyrrole nitrogens is 1. The Kier molecular flexibility index (Phi) is 6.53. The van der Waals surface area contributed by atoms with Crippen molar-refractivity contribution in [3.8, 4) is 17.4 Å². The lowest BCUT2D eigenvalue weighted by Gasteiger charge is -2.18. The summed E-state index contributed by atoms with van der Waals surface area (Å²) in [5.74, 6) is -2.59. The molecule has 0 aliphatic carbocycles. The van der Waals surface area contributed by atoms with Gasteiger partial charge >= 0.3 is 0 Å². The Bertz CT molecular complexity index is 1790. The molecule has 0 saturated carbocycles. The second kappa shape index (κ2) is 10.1. The van der Waals surface area contributed by atoms with Gasteiger partial charge in [-0.3, -0.25) is 18.8 Å². The van der Waals surface area contributed by atoms with Crippen molar-refractivity contribution in [2.45, 2.75) is 18.8 Å². The average Bonchev–Trinajstić information content (AvgIpc) is 2.90. The van der Waals surface area contributed by atoms with Gasteiger partial charge < -0.3 is 25.6 Å². The van der Waals surface area contributed by atoms with Gasteiger partial charge in [0.25, 0.3) is 11.1 Å². The van der Waals surface area contributed by atoms with E-state index in [9.17, 15) is 29.7 Å². The number of amides is 1. The summed E-state index contributed by atoms with van der Waals surface area (Å²) in [6.45, 7) is 0.199. The zero-order valence-corrected chi connectivity index (χ0v) is 20.1. The van der Waals surface area contributed by atoms with Crippen LogP contribution in [-0.2, 0) is 11.2 Å². The van der Waals surface area contributed by atoms with Crippen LogP contribution >= 0.6 is 0 Å². The number of carbonyl (C=O) groups excluding carboxylic acids is 1. The number of fused-ring (bicyclic) bond motifs is 2. The Hall–Kier alpha value is -5.12. The molecular weight excluding hydrogens is 488 g/mol. The van der Waals surface area contributed by atoms with Crippen molar-refractivity contribution in [1.82, 2.24) is 19.7 Å². The second-order valence-electron chi connectivity index (χ2n) is 8.90. The molecule has 0 bridgehead atoms. The zero-order valence-electron chi connectivity index (χ0n) is 20.1. The fraction of sp³-hybridized carbons (Fsp3) is 0.143. The van der Waals surface area contributed by atoms with Gasteiger partial charge in [-0.25, -0.2) is 0 Å². The number of phenols is 2. The third-order valence-electron chi connectivity index (χ3n) is 6.42. The summed E-state index contributed by atoms with van der Waals surface area (Å²) in [6, 6.07) is 18.0. The van der Waals surface area contributed by atoms with Crippen molar-refractivity contribution in [3.63, 3.8) is 0 Å². The molecule has 3 heterocycles. The first-order chi connectivity index (χ1) is 18.3. The van der Waals surface area contributed by atoms with E-state index >= 15 is 0 Å². The summed E-state index contributed by atoms with van der Waals surface area (Å²) >= 11 is 0. The minimum absolute atomic E-state index is 0.146. The van der Waals surface area contributed by atoms with Gasteiger partial charge in [-0.15, -0.1) is 0 Å². The molecule has 5 aromatic rings. The van der Waals surface area contributed by atoms with E-state index in [0.29, 0.717) is 22.9 Å². The number of nitrogens with zero attached hydrogens (tertiary/aromatic N) is 2. The predicted octanol–water partition coefficient (Wildman–Crippen LogP) is 2.53. The third-order valence-corrected chi connectivity index (χ3v) is 6.42. The minimum atomic E-state index is -1.09. The van der Waals surface area contributed by atoms with Gasteiger partial charge in [-0.2, -0.15) is 4.98 Å². The number of aromatic amines is 1. The lowest BCUT2D eigenvalue weighted by molar-refractivity contribution is -0.121. The molecular formula is C28H24N4O6. The van der Waals surface area contributed by atoms with Gasteiger partial charge in [0, 0.05) is 36.2 Å². The molecule has 38 heavy (non-hydrogen) atoms. The normalized spacial score (nSPS) is 12.0. The first-order valence-electron chi connectivity index (χ1n) is 11.9. The van der Waals surface area contributed by atoms with E-state index in [2.05, 4.69) is 15.3 Å². The van der Waals surface area contributed by atoms with Crippen LogP contribution in [0.3, 0.4) is 0 Å². The highest BCUT2D eigenvalue weighted by Crippen LogP contribution is 2.30. The summed E-state index contributed by atoms with van der Waals surface area (Å²) in [6.07, 6.45) is 1.57. The van der Waals surface area contributed by atoms with Crippen LogP contribution in [0.15, 0.2) is 82.5 Å². The molecule has 0 aliphatic rings. The topological polar surface area (TPSA) is 157 Å². The molecule has 0 spiro atoms. The Labute approximate surface area is 215 Å². The number of para-hydroxylation sites is 1. The van der Waals surface area contributed by atoms with Crippen LogP contribution < -0.4 is 16.4 Å². The number of aromatic hydroxyl groups is 3. The molecule has 0 radical (unpaired) electrons. The molecule has 5 N–H and O–H groups in total. The van der Waals surface area contributed by atoms with Gasteiger partial charge in [0.15, 0.2) is 11.5 Å². The third kappa shape index (κ3) is 4.79. The Morgan fingerprint density at radius 3 is 2.58 bits per heavy atom. The molecule has 1 amide bonds. The Balaban J connectivity index is 1.51. The highest BCUT2D eigenvalue weighted by Gasteiger charge is 2.28. The van der Waals surface area contributed by atoms with Crippen molar-refractivity contribution < 1.29 is 20.1 Å². The van der Waals surface area contributed by atoms with E-state index in [0.717, 1.165) is 0 Å². The van der Waals surface area contributed by atoms with E-state index in [-0.39, 0.29) is 41.2 Å². The van der Waals surface area contributed by atoms with Crippen LogP contribution in [0.1, 0.15) is 29.0 Å². The van der Waals surface area contributed by atoms with Gasteiger partial charge in [-0.05, 0) is 53.8 Å². The number of benzene rings is 2.